The number of hydrogen-bond donors (Lipinski definition) is 0. The van der Waals surface area contributed by atoms with E-state index in [0.717, 1.165) is 23.1 Å². The zero-order valence-corrected chi connectivity index (χ0v) is 13.0. The highest BCUT2D eigenvalue weighted by atomic mass is 32.2. The van der Waals surface area contributed by atoms with Crippen molar-refractivity contribution in [3.05, 3.63) is 57.1 Å². The molecular weight excluding hydrogens is 302 g/mol. The van der Waals surface area contributed by atoms with Crippen molar-refractivity contribution in [2.75, 3.05) is 4.90 Å². The Morgan fingerprint density at radius 2 is 1.86 bits per heavy atom. The average Bonchev–Trinajstić information content (AvgIpc) is 3.05. The molecule has 0 unspecified atom stereocenters. The monoisotopic (exact) mass is 315 g/mol. The van der Waals surface area contributed by atoms with E-state index in [4.69, 9.17) is 0 Å². The molecule has 1 fully saturated rings. The summed E-state index contributed by atoms with van der Waals surface area (Å²) in [6, 6.07) is 13.1. The van der Waals surface area contributed by atoms with E-state index in [1.54, 1.807) is 29.5 Å². The fraction of sp³-hybridized carbons (Fsp3) is 0.125. The van der Waals surface area contributed by atoms with Crippen LogP contribution in [0.15, 0.2) is 47.4 Å². The van der Waals surface area contributed by atoms with Crippen molar-refractivity contribution < 1.29 is 9.59 Å². The van der Waals surface area contributed by atoms with Crippen LogP contribution >= 0.6 is 23.1 Å². The molecule has 1 aliphatic heterocycles. The molecule has 2 amide bonds. The van der Waals surface area contributed by atoms with Crippen LogP contribution in [0.5, 0.6) is 0 Å². The first-order chi connectivity index (χ1) is 10.2. The fourth-order valence-electron chi connectivity index (χ4n) is 2.06. The largest absolute Gasteiger partial charge is 0.298 e. The summed E-state index contributed by atoms with van der Waals surface area (Å²) in [4.78, 5) is 28.5. The van der Waals surface area contributed by atoms with Crippen molar-refractivity contribution in [3.63, 3.8) is 0 Å². The second-order valence-electron chi connectivity index (χ2n) is 4.51. The Morgan fingerprint density at radius 3 is 2.52 bits per heavy atom. The van der Waals surface area contributed by atoms with Gasteiger partial charge in [0.2, 0.25) is 0 Å². The molecule has 21 heavy (non-hydrogen) atoms. The molecule has 0 N–H and O–H groups in total. The maximum absolute atomic E-state index is 12.4. The normalized spacial score (nSPS) is 17.0. The topological polar surface area (TPSA) is 37.4 Å². The zero-order valence-electron chi connectivity index (χ0n) is 11.4. The maximum atomic E-state index is 12.4. The number of carbonyl (C=O) groups excluding carboxylic acids is 2. The minimum absolute atomic E-state index is 0.246. The zero-order chi connectivity index (χ0) is 14.8. The van der Waals surface area contributed by atoms with E-state index in [0.29, 0.717) is 10.6 Å². The molecule has 3 rings (SSSR count). The van der Waals surface area contributed by atoms with Crippen molar-refractivity contribution in [1.29, 1.82) is 0 Å². The van der Waals surface area contributed by atoms with Gasteiger partial charge in [0, 0.05) is 9.75 Å². The second-order valence-corrected chi connectivity index (χ2v) is 6.70. The number of benzene rings is 1. The highest BCUT2D eigenvalue weighted by Crippen LogP contribution is 2.36. The molecule has 0 spiro atoms. The van der Waals surface area contributed by atoms with Crippen molar-refractivity contribution in [2.24, 2.45) is 0 Å². The van der Waals surface area contributed by atoms with E-state index in [1.807, 2.05) is 24.3 Å². The van der Waals surface area contributed by atoms with Crippen molar-refractivity contribution >= 4 is 46.0 Å². The van der Waals surface area contributed by atoms with Gasteiger partial charge in [-0.15, -0.1) is 11.3 Å². The maximum Gasteiger partial charge on any atom is 0.298 e. The Balaban J connectivity index is 1.90. The number of imide groups is 1. The highest BCUT2D eigenvalue weighted by Gasteiger charge is 2.36. The molecule has 0 bridgehead atoms. The molecule has 0 atom stereocenters. The standard InChI is InChI=1S/C16H13NO2S2/c1-2-12-8-9-13(20-12)10-14-15(18)17(16(19)21-14)11-6-4-3-5-7-11/h3-10H,2H2,1H3. The number of hydrogen-bond acceptors (Lipinski definition) is 4. The lowest BCUT2D eigenvalue weighted by Gasteiger charge is -2.11. The van der Waals surface area contributed by atoms with Gasteiger partial charge in [0.1, 0.15) is 0 Å². The second kappa shape index (κ2) is 5.87. The molecular formula is C16H13NO2S2. The Bertz CT molecular complexity index is 719. The molecule has 106 valence electrons. The van der Waals surface area contributed by atoms with Crippen LogP contribution in [0.4, 0.5) is 10.5 Å². The molecule has 0 saturated carbocycles. The summed E-state index contributed by atoms with van der Waals surface area (Å²) >= 11 is 2.64. The van der Waals surface area contributed by atoms with Gasteiger partial charge >= 0.3 is 0 Å². The smallest absolute Gasteiger partial charge is 0.268 e. The molecule has 3 nitrogen and oxygen atoms in total. The van der Waals surface area contributed by atoms with Crippen LogP contribution < -0.4 is 4.90 Å². The lowest BCUT2D eigenvalue weighted by Crippen LogP contribution is -2.27. The van der Waals surface area contributed by atoms with Gasteiger partial charge in [0.05, 0.1) is 10.6 Å². The van der Waals surface area contributed by atoms with Crippen molar-refractivity contribution in [1.82, 2.24) is 0 Å². The first kappa shape index (κ1) is 14.1. The minimum atomic E-state index is -0.248. The average molecular weight is 315 g/mol. The third-order valence-electron chi connectivity index (χ3n) is 3.11. The van der Waals surface area contributed by atoms with Gasteiger partial charge in [-0.1, -0.05) is 25.1 Å². The Kier molecular flexibility index (Phi) is 3.94. The lowest BCUT2D eigenvalue weighted by atomic mass is 10.3. The van der Waals surface area contributed by atoms with Gasteiger partial charge in [0.25, 0.3) is 11.1 Å². The summed E-state index contributed by atoms with van der Waals surface area (Å²) in [5, 5.41) is -0.246. The van der Waals surface area contributed by atoms with Gasteiger partial charge < -0.3 is 0 Å². The van der Waals surface area contributed by atoms with E-state index < -0.39 is 0 Å². The molecule has 2 aromatic rings. The molecule has 1 saturated heterocycles. The number of thioether (sulfide) groups is 1. The van der Waals surface area contributed by atoms with Crippen LogP contribution in [-0.2, 0) is 11.2 Å². The predicted octanol–water partition coefficient (Wildman–Crippen LogP) is 4.55. The van der Waals surface area contributed by atoms with Crippen LogP contribution in [0.2, 0.25) is 0 Å². The Morgan fingerprint density at radius 1 is 1.10 bits per heavy atom. The van der Waals surface area contributed by atoms with Gasteiger partial charge in [-0.3, -0.25) is 9.59 Å². The van der Waals surface area contributed by atoms with E-state index in [9.17, 15) is 9.59 Å². The first-order valence-corrected chi connectivity index (χ1v) is 8.24. The molecule has 2 heterocycles. The molecule has 1 aromatic heterocycles. The number of rotatable bonds is 3. The Hall–Kier alpha value is -1.85. The van der Waals surface area contributed by atoms with Gasteiger partial charge in [-0.2, -0.15) is 0 Å². The fourth-order valence-corrected chi connectivity index (χ4v) is 3.86. The summed E-state index contributed by atoms with van der Waals surface area (Å²) in [5.74, 6) is -0.248. The molecule has 0 radical (unpaired) electrons. The van der Waals surface area contributed by atoms with Crippen LogP contribution in [0.1, 0.15) is 16.7 Å². The van der Waals surface area contributed by atoms with Crippen LogP contribution in [0.25, 0.3) is 6.08 Å². The summed E-state index contributed by atoms with van der Waals surface area (Å²) in [7, 11) is 0. The van der Waals surface area contributed by atoms with Crippen LogP contribution in [-0.4, -0.2) is 11.1 Å². The lowest BCUT2D eigenvalue weighted by molar-refractivity contribution is -0.113. The molecule has 1 aliphatic rings. The van der Waals surface area contributed by atoms with E-state index in [2.05, 4.69) is 13.0 Å². The Labute approximate surface area is 131 Å². The van der Waals surface area contributed by atoms with Gasteiger partial charge in [0.15, 0.2) is 0 Å². The highest BCUT2D eigenvalue weighted by molar-refractivity contribution is 8.19. The number of amides is 2. The molecule has 0 aliphatic carbocycles. The van der Waals surface area contributed by atoms with Crippen LogP contribution in [0, 0.1) is 0 Å². The van der Waals surface area contributed by atoms with Crippen molar-refractivity contribution in [3.8, 4) is 0 Å². The quantitative estimate of drug-likeness (QED) is 0.780. The summed E-state index contributed by atoms with van der Waals surface area (Å²) in [6.07, 6.45) is 2.78. The number of carbonyl (C=O) groups is 2. The summed E-state index contributed by atoms with van der Waals surface area (Å²) in [5.41, 5.74) is 0.615. The molecule has 1 aromatic carbocycles. The summed E-state index contributed by atoms with van der Waals surface area (Å²) < 4.78 is 0. The summed E-state index contributed by atoms with van der Waals surface area (Å²) in [6.45, 7) is 2.10. The predicted molar refractivity (Wildman–Crippen MR) is 88.6 cm³/mol. The SMILES string of the molecule is CCc1ccc(C=C2SC(=O)N(c3ccccc3)C2=O)s1. The number of thiophene rings is 1. The van der Waals surface area contributed by atoms with Gasteiger partial charge in [-0.05, 0) is 48.5 Å². The number of anilines is 1. The molecule has 5 heteroatoms. The van der Waals surface area contributed by atoms with E-state index >= 15 is 0 Å². The third-order valence-corrected chi connectivity index (χ3v) is 5.16. The van der Waals surface area contributed by atoms with Crippen molar-refractivity contribution in [2.45, 2.75) is 13.3 Å². The van der Waals surface area contributed by atoms with Gasteiger partial charge in [-0.25, -0.2) is 4.90 Å². The number of aryl methyl sites for hydroxylation is 1. The van der Waals surface area contributed by atoms with Crippen LogP contribution in [0.3, 0.4) is 0 Å². The third kappa shape index (κ3) is 2.80. The number of para-hydroxylation sites is 1. The van der Waals surface area contributed by atoms with E-state index in [-0.39, 0.29) is 11.1 Å². The van der Waals surface area contributed by atoms with E-state index in [1.165, 1.54) is 9.78 Å². The number of nitrogens with zero attached hydrogens (tertiary/aromatic N) is 1. The first-order valence-electron chi connectivity index (χ1n) is 6.60. The minimum Gasteiger partial charge on any atom is -0.268 e.